The van der Waals surface area contributed by atoms with E-state index in [0.717, 1.165) is 11.3 Å². The Kier molecular flexibility index (Phi) is 5.51. The van der Waals surface area contributed by atoms with Gasteiger partial charge in [-0.05, 0) is 29.8 Å². The molecule has 0 aliphatic carbocycles. The number of nitrogens with one attached hydrogen (secondary N) is 2. The van der Waals surface area contributed by atoms with E-state index in [1.807, 2.05) is 0 Å². The fourth-order valence-electron chi connectivity index (χ4n) is 1.97. The number of benzene rings is 2. The minimum absolute atomic E-state index is 0.0396. The fraction of sp³-hybridized carbons (Fsp3) is 0.188. The maximum absolute atomic E-state index is 11.8. The molecule has 0 spiro atoms. The van der Waals surface area contributed by atoms with Gasteiger partial charge in [-0.1, -0.05) is 12.1 Å². The Morgan fingerprint density at radius 3 is 2.30 bits per heavy atom. The lowest BCUT2D eigenvalue weighted by atomic mass is 10.1. The molecule has 0 radical (unpaired) electrons. The van der Waals surface area contributed by atoms with E-state index in [4.69, 9.17) is 0 Å². The van der Waals surface area contributed by atoms with E-state index in [2.05, 4.69) is 10.6 Å². The molecule has 0 unspecified atom stereocenters. The summed E-state index contributed by atoms with van der Waals surface area (Å²) in [4.78, 5) is 21.8. The van der Waals surface area contributed by atoms with Gasteiger partial charge < -0.3 is 15.7 Å². The highest BCUT2D eigenvalue weighted by molar-refractivity contribution is 5.78. The molecule has 1 amide bonds. The van der Waals surface area contributed by atoms with Crippen LogP contribution in [-0.2, 0) is 11.2 Å². The van der Waals surface area contributed by atoms with Crippen LogP contribution < -0.4 is 10.6 Å². The number of nitro groups is 1. The predicted molar refractivity (Wildman–Crippen MR) is 86.4 cm³/mol. The topological polar surface area (TPSA) is 104 Å². The minimum Gasteiger partial charge on any atom is -0.508 e. The molecular weight excluding hydrogens is 298 g/mol. The first-order valence-electron chi connectivity index (χ1n) is 7.07. The predicted octanol–water partition coefficient (Wildman–Crippen LogP) is 2.07. The van der Waals surface area contributed by atoms with Crippen molar-refractivity contribution in [1.29, 1.82) is 0 Å². The van der Waals surface area contributed by atoms with E-state index in [0.29, 0.717) is 13.1 Å². The molecule has 0 fully saturated rings. The van der Waals surface area contributed by atoms with E-state index in [1.54, 1.807) is 36.4 Å². The van der Waals surface area contributed by atoms with Gasteiger partial charge in [0.25, 0.3) is 5.69 Å². The number of hydrogen-bond acceptors (Lipinski definition) is 5. The molecule has 3 N–H and O–H groups in total. The van der Waals surface area contributed by atoms with Crippen LogP contribution in [0.25, 0.3) is 0 Å². The number of anilines is 1. The maximum Gasteiger partial charge on any atom is 0.269 e. The van der Waals surface area contributed by atoms with Crippen LogP contribution in [0.1, 0.15) is 5.56 Å². The highest BCUT2D eigenvalue weighted by Gasteiger charge is 2.04. The molecule has 2 aromatic rings. The monoisotopic (exact) mass is 315 g/mol. The average Bonchev–Trinajstić information content (AvgIpc) is 2.54. The molecule has 0 atom stereocenters. The summed E-state index contributed by atoms with van der Waals surface area (Å²) >= 11 is 0. The standard InChI is InChI=1S/C16H17N3O4/c20-15-7-1-12(2-8-15)11-16(21)18-10-9-17-13-3-5-14(6-4-13)19(22)23/h1-8,17,20H,9-11H2,(H,18,21). The molecule has 0 saturated heterocycles. The van der Waals surface area contributed by atoms with E-state index in [-0.39, 0.29) is 23.8 Å². The van der Waals surface area contributed by atoms with E-state index in [9.17, 15) is 20.0 Å². The molecule has 7 nitrogen and oxygen atoms in total. The lowest BCUT2D eigenvalue weighted by Crippen LogP contribution is -2.29. The number of phenols is 1. The Balaban J connectivity index is 1.69. The molecule has 2 rings (SSSR count). The Morgan fingerprint density at radius 2 is 1.70 bits per heavy atom. The summed E-state index contributed by atoms with van der Waals surface area (Å²) in [6.07, 6.45) is 0.248. The highest BCUT2D eigenvalue weighted by Crippen LogP contribution is 2.14. The molecule has 23 heavy (non-hydrogen) atoms. The average molecular weight is 315 g/mol. The second kappa shape index (κ2) is 7.79. The Morgan fingerprint density at radius 1 is 1.04 bits per heavy atom. The van der Waals surface area contributed by atoms with Gasteiger partial charge in [-0.25, -0.2) is 0 Å². The number of carbonyl (C=O) groups is 1. The molecule has 0 aliphatic rings. The zero-order valence-electron chi connectivity index (χ0n) is 12.4. The molecule has 0 aliphatic heterocycles. The van der Waals surface area contributed by atoms with E-state index < -0.39 is 4.92 Å². The number of phenolic OH excluding ortho intramolecular Hbond substituents is 1. The summed E-state index contributed by atoms with van der Waals surface area (Å²) in [7, 11) is 0. The number of aromatic hydroxyl groups is 1. The van der Waals surface area contributed by atoms with Crippen LogP contribution in [0.2, 0.25) is 0 Å². The molecule has 0 bridgehead atoms. The van der Waals surface area contributed by atoms with Gasteiger partial charge in [0.05, 0.1) is 11.3 Å². The van der Waals surface area contributed by atoms with Gasteiger partial charge >= 0.3 is 0 Å². The van der Waals surface area contributed by atoms with Crippen LogP contribution in [0.5, 0.6) is 5.75 Å². The van der Waals surface area contributed by atoms with Gasteiger partial charge in [0.1, 0.15) is 5.75 Å². The second-order valence-electron chi connectivity index (χ2n) is 4.92. The van der Waals surface area contributed by atoms with Gasteiger partial charge in [-0.2, -0.15) is 0 Å². The lowest BCUT2D eigenvalue weighted by Gasteiger charge is -2.08. The number of amides is 1. The molecule has 120 valence electrons. The molecule has 7 heteroatoms. The van der Waals surface area contributed by atoms with Crippen molar-refractivity contribution in [3.63, 3.8) is 0 Å². The summed E-state index contributed by atoms with van der Waals surface area (Å²) in [5, 5.41) is 25.6. The molecule has 0 aromatic heterocycles. The summed E-state index contributed by atoms with van der Waals surface area (Å²) in [5.74, 6) is 0.0580. The van der Waals surface area contributed by atoms with Gasteiger partial charge in [-0.15, -0.1) is 0 Å². The zero-order valence-corrected chi connectivity index (χ0v) is 12.4. The van der Waals surface area contributed by atoms with Crippen LogP contribution >= 0.6 is 0 Å². The first-order valence-corrected chi connectivity index (χ1v) is 7.07. The Bertz CT molecular complexity index is 669. The summed E-state index contributed by atoms with van der Waals surface area (Å²) < 4.78 is 0. The number of non-ortho nitro benzene ring substituents is 1. The number of nitrogens with zero attached hydrogens (tertiary/aromatic N) is 1. The van der Waals surface area contributed by atoms with Crippen LogP contribution in [0.3, 0.4) is 0 Å². The van der Waals surface area contributed by atoms with Crippen LogP contribution in [0, 0.1) is 10.1 Å². The normalized spacial score (nSPS) is 10.1. The SMILES string of the molecule is O=C(Cc1ccc(O)cc1)NCCNc1ccc([N+](=O)[O-])cc1. The third-order valence-electron chi connectivity index (χ3n) is 3.16. The number of carbonyl (C=O) groups excluding carboxylic acids is 1. The van der Waals surface area contributed by atoms with Crippen molar-refractivity contribution in [2.24, 2.45) is 0 Å². The van der Waals surface area contributed by atoms with E-state index >= 15 is 0 Å². The van der Waals surface area contributed by atoms with Gasteiger partial charge in [0.2, 0.25) is 5.91 Å². The van der Waals surface area contributed by atoms with Crippen molar-refractivity contribution in [2.75, 3.05) is 18.4 Å². The van der Waals surface area contributed by atoms with E-state index in [1.165, 1.54) is 12.1 Å². The van der Waals surface area contributed by atoms with Crippen molar-refractivity contribution in [2.45, 2.75) is 6.42 Å². The zero-order chi connectivity index (χ0) is 16.7. The molecule has 0 heterocycles. The van der Waals surface area contributed by atoms with Crippen molar-refractivity contribution in [1.82, 2.24) is 5.32 Å². The third kappa shape index (κ3) is 5.31. The van der Waals surface area contributed by atoms with Gasteiger partial charge in [0.15, 0.2) is 0 Å². The molecule has 0 saturated carbocycles. The Labute approximate surface area is 133 Å². The van der Waals surface area contributed by atoms with Crippen LogP contribution in [-0.4, -0.2) is 29.0 Å². The Hall–Kier alpha value is -3.09. The van der Waals surface area contributed by atoms with Gasteiger partial charge in [0, 0.05) is 30.9 Å². The minimum atomic E-state index is -0.451. The number of nitro benzene ring substituents is 1. The first-order chi connectivity index (χ1) is 11.0. The maximum atomic E-state index is 11.8. The number of hydrogen-bond donors (Lipinski definition) is 3. The lowest BCUT2D eigenvalue weighted by molar-refractivity contribution is -0.384. The van der Waals surface area contributed by atoms with Crippen LogP contribution in [0.15, 0.2) is 48.5 Å². The second-order valence-corrected chi connectivity index (χ2v) is 4.92. The van der Waals surface area contributed by atoms with Crippen molar-refractivity contribution in [3.8, 4) is 5.75 Å². The van der Waals surface area contributed by atoms with Crippen molar-refractivity contribution >= 4 is 17.3 Å². The van der Waals surface area contributed by atoms with Crippen molar-refractivity contribution < 1.29 is 14.8 Å². The highest BCUT2D eigenvalue weighted by atomic mass is 16.6. The third-order valence-corrected chi connectivity index (χ3v) is 3.16. The fourth-order valence-corrected chi connectivity index (χ4v) is 1.97. The van der Waals surface area contributed by atoms with Crippen LogP contribution in [0.4, 0.5) is 11.4 Å². The first kappa shape index (κ1) is 16.3. The van der Waals surface area contributed by atoms with Crippen molar-refractivity contribution in [3.05, 3.63) is 64.2 Å². The summed E-state index contributed by atoms with van der Waals surface area (Å²) in [6, 6.07) is 12.6. The summed E-state index contributed by atoms with van der Waals surface area (Å²) in [6.45, 7) is 0.951. The quantitative estimate of drug-likeness (QED) is 0.412. The smallest absolute Gasteiger partial charge is 0.269 e. The molecule has 2 aromatic carbocycles. The largest absolute Gasteiger partial charge is 0.508 e. The van der Waals surface area contributed by atoms with Gasteiger partial charge in [-0.3, -0.25) is 14.9 Å². The molecular formula is C16H17N3O4. The summed E-state index contributed by atoms with van der Waals surface area (Å²) in [5.41, 5.74) is 1.62. The number of rotatable bonds is 7.